The van der Waals surface area contributed by atoms with Crippen LogP contribution in [-0.4, -0.2) is 42.3 Å². The van der Waals surface area contributed by atoms with Gasteiger partial charge in [-0.05, 0) is 36.4 Å². The lowest BCUT2D eigenvalue weighted by Crippen LogP contribution is -2.13. The maximum Gasteiger partial charge on any atom is 0.306 e. The zero-order chi connectivity index (χ0) is 21.4. The quantitative estimate of drug-likeness (QED) is 0.263. The summed E-state index contributed by atoms with van der Waals surface area (Å²) in [6.45, 7) is 3.96. The Morgan fingerprint density at radius 3 is 2.76 bits per heavy atom. The lowest BCUT2D eigenvalue weighted by Gasteiger charge is -2.11. The maximum absolute atomic E-state index is 12.4. The molecule has 1 N–H and O–H groups in total. The van der Waals surface area contributed by atoms with Gasteiger partial charge in [0.05, 0.1) is 12.9 Å². The summed E-state index contributed by atoms with van der Waals surface area (Å²) in [4.78, 5) is 16.5. The summed E-state index contributed by atoms with van der Waals surface area (Å²) in [5.41, 5.74) is 0.296. The lowest BCUT2D eigenvalue weighted by atomic mass is 10.1. The molecule has 0 saturated heterocycles. The van der Waals surface area contributed by atoms with Crippen LogP contribution in [0, 0.1) is 11.3 Å². The predicted octanol–water partition coefficient (Wildman–Crippen LogP) is 2.93. The van der Waals surface area contributed by atoms with Crippen LogP contribution >= 0.6 is 23.3 Å². The van der Waals surface area contributed by atoms with Gasteiger partial charge in [-0.15, -0.1) is 0 Å². The third kappa shape index (κ3) is 7.04. The highest BCUT2D eigenvalue weighted by Crippen LogP contribution is 2.30. The molecule has 0 radical (unpaired) electrons. The van der Waals surface area contributed by atoms with Crippen LogP contribution in [0.2, 0.25) is 0 Å². The zero-order valence-electron chi connectivity index (χ0n) is 15.8. The second-order valence-corrected chi connectivity index (χ2v) is 8.92. The van der Waals surface area contributed by atoms with E-state index in [1.807, 2.05) is 13.0 Å². The van der Waals surface area contributed by atoms with E-state index in [1.165, 1.54) is 36.0 Å². The Hall–Kier alpha value is -2.62. The number of hydrogen-bond acceptors (Lipinski definition) is 10. The van der Waals surface area contributed by atoms with Crippen molar-refractivity contribution in [2.75, 3.05) is 23.9 Å². The molecule has 0 aliphatic carbocycles. The molecule has 0 fully saturated rings. The first-order valence-electron chi connectivity index (χ1n) is 8.31. The van der Waals surface area contributed by atoms with Gasteiger partial charge in [-0.2, -0.15) is 23.0 Å². The molecule has 0 aliphatic heterocycles. The number of nitriles is 1. The van der Waals surface area contributed by atoms with E-state index in [0.29, 0.717) is 15.9 Å². The van der Waals surface area contributed by atoms with Crippen molar-refractivity contribution >= 4 is 50.5 Å². The highest BCUT2D eigenvalue weighted by atomic mass is 32.2. The molecule has 154 valence electrons. The Labute approximate surface area is 177 Å². The van der Waals surface area contributed by atoms with Gasteiger partial charge in [-0.1, -0.05) is 24.8 Å². The fraction of sp³-hybridized carbons (Fsp3) is 0.294. The van der Waals surface area contributed by atoms with Crippen molar-refractivity contribution in [1.82, 2.24) is 9.36 Å². The Balaban J connectivity index is 2.25. The van der Waals surface area contributed by atoms with E-state index in [-0.39, 0.29) is 23.7 Å². The Morgan fingerprint density at radius 1 is 1.38 bits per heavy atom. The van der Waals surface area contributed by atoms with Gasteiger partial charge in [0.2, 0.25) is 10.3 Å². The minimum Gasteiger partial charge on any atom is -0.490 e. The number of ether oxygens (including phenoxy) is 1. The summed E-state index contributed by atoms with van der Waals surface area (Å²) < 4.78 is 37.1. The summed E-state index contributed by atoms with van der Waals surface area (Å²) in [6, 6.07) is 6.22. The van der Waals surface area contributed by atoms with Gasteiger partial charge in [0.15, 0.2) is 11.5 Å². The van der Waals surface area contributed by atoms with Crippen LogP contribution in [0.3, 0.4) is 0 Å². The summed E-state index contributed by atoms with van der Waals surface area (Å²) in [5, 5.41) is 12.7. The number of carbonyl (C=O) groups excluding carboxylic acids is 1. The van der Waals surface area contributed by atoms with Crippen molar-refractivity contribution in [3.05, 3.63) is 29.3 Å². The topological polar surface area (TPSA) is 131 Å². The third-order valence-corrected chi connectivity index (χ3v) is 5.04. The molecule has 12 heteroatoms. The van der Waals surface area contributed by atoms with Gasteiger partial charge < -0.3 is 8.92 Å². The first kappa shape index (κ1) is 22.7. The molecule has 29 heavy (non-hydrogen) atoms. The van der Waals surface area contributed by atoms with Crippen LogP contribution in [0.15, 0.2) is 28.9 Å². The Kier molecular flexibility index (Phi) is 8.00. The SMILES string of the molecule is CCOc1cc(/C=C(/C#N)C(=O)Nc2nc(SCC)ns2)ccc1OS(C)(=O)=O. The molecule has 1 aromatic heterocycles. The third-order valence-electron chi connectivity index (χ3n) is 3.09. The number of hydrogen-bond donors (Lipinski definition) is 1. The van der Waals surface area contributed by atoms with Crippen LogP contribution in [0.5, 0.6) is 11.5 Å². The fourth-order valence-corrected chi connectivity index (χ4v) is 3.77. The molecule has 1 amide bonds. The van der Waals surface area contributed by atoms with Crippen LogP contribution in [-0.2, 0) is 14.9 Å². The van der Waals surface area contributed by atoms with Crippen LogP contribution in [0.25, 0.3) is 6.08 Å². The predicted molar refractivity (Wildman–Crippen MR) is 112 cm³/mol. The molecule has 0 aliphatic rings. The maximum atomic E-state index is 12.4. The fourth-order valence-electron chi connectivity index (χ4n) is 2.04. The summed E-state index contributed by atoms with van der Waals surface area (Å²) in [7, 11) is -3.73. The Bertz CT molecular complexity index is 1060. The zero-order valence-corrected chi connectivity index (χ0v) is 18.3. The smallest absolute Gasteiger partial charge is 0.306 e. The van der Waals surface area contributed by atoms with Crippen LogP contribution < -0.4 is 14.2 Å². The van der Waals surface area contributed by atoms with E-state index in [9.17, 15) is 18.5 Å². The standard InChI is InChI=1S/C17H18N4O5S3/c1-4-25-14-9-11(6-7-13(14)26-29(3,23)24)8-12(10-18)15(22)19-16-20-17(21-28-16)27-5-2/h6-9H,4-5H2,1-3H3,(H,19,20,21,22)/b12-8-. The van der Waals surface area contributed by atoms with E-state index in [4.69, 9.17) is 8.92 Å². The molecule has 9 nitrogen and oxygen atoms in total. The lowest BCUT2D eigenvalue weighted by molar-refractivity contribution is -0.112. The van der Waals surface area contributed by atoms with Crippen molar-refractivity contribution in [2.24, 2.45) is 0 Å². The van der Waals surface area contributed by atoms with Crippen LogP contribution in [0.1, 0.15) is 19.4 Å². The molecule has 0 spiro atoms. The molecular weight excluding hydrogens is 436 g/mol. The van der Waals surface area contributed by atoms with Gasteiger partial charge in [0.25, 0.3) is 5.91 Å². The number of carbonyl (C=O) groups is 1. The van der Waals surface area contributed by atoms with Crippen molar-refractivity contribution in [2.45, 2.75) is 19.0 Å². The summed E-state index contributed by atoms with van der Waals surface area (Å²) in [6.07, 6.45) is 2.28. The number of rotatable bonds is 9. The highest BCUT2D eigenvalue weighted by Gasteiger charge is 2.15. The van der Waals surface area contributed by atoms with Crippen molar-refractivity contribution in [1.29, 1.82) is 5.26 Å². The van der Waals surface area contributed by atoms with E-state index < -0.39 is 16.0 Å². The van der Waals surface area contributed by atoms with E-state index in [1.54, 1.807) is 6.92 Å². The number of thioether (sulfide) groups is 1. The molecule has 0 unspecified atom stereocenters. The molecule has 0 atom stereocenters. The molecule has 1 heterocycles. The van der Waals surface area contributed by atoms with Gasteiger partial charge >= 0.3 is 10.1 Å². The second-order valence-electron chi connectivity index (χ2n) is 5.37. The molecule has 1 aromatic carbocycles. The monoisotopic (exact) mass is 454 g/mol. The normalized spacial score (nSPS) is 11.6. The number of anilines is 1. The number of nitrogens with zero attached hydrogens (tertiary/aromatic N) is 3. The van der Waals surface area contributed by atoms with E-state index in [0.717, 1.165) is 23.5 Å². The number of benzene rings is 1. The second kappa shape index (κ2) is 10.2. The largest absolute Gasteiger partial charge is 0.490 e. The number of nitrogens with one attached hydrogen (secondary N) is 1. The molecule has 2 aromatic rings. The Morgan fingerprint density at radius 2 is 2.14 bits per heavy atom. The molecule has 0 bridgehead atoms. The summed E-state index contributed by atoms with van der Waals surface area (Å²) in [5.74, 6) is 0.361. The summed E-state index contributed by atoms with van der Waals surface area (Å²) >= 11 is 2.46. The van der Waals surface area contributed by atoms with Gasteiger partial charge in [0, 0.05) is 11.5 Å². The number of amides is 1. The van der Waals surface area contributed by atoms with Gasteiger partial charge in [0.1, 0.15) is 11.6 Å². The molecular formula is C17H18N4O5S3. The van der Waals surface area contributed by atoms with E-state index >= 15 is 0 Å². The first-order valence-corrected chi connectivity index (χ1v) is 11.9. The van der Waals surface area contributed by atoms with Gasteiger partial charge in [-0.3, -0.25) is 10.1 Å². The van der Waals surface area contributed by atoms with Gasteiger partial charge in [-0.25, -0.2) is 0 Å². The highest BCUT2D eigenvalue weighted by molar-refractivity contribution is 7.99. The minimum atomic E-state index is -3.73. The minimum absolute atomic E-state index is 0.0178. The number of aromatic nitrogens is 2. The van der Waals surface area contributed by atoms with Crippen molar-refractivity contribution in [3.63, 3.8) is 0 Å². The molecule has 0 saturated carbocycles. The average molecular weight is 455 g/mol. The van der Waals surface area contributed by atoms with Crippen LogP contribution in [0.4, 0.5) is 5.13 Å². The average Bonchev–Trinajstić information content (AvgIpc) is 3.08. The first-order chi connectivity index (χ1) is 13.8. The van der Waals surface area contributed by atoms with Crippen molar-refractivity contribution in [3.8, 4) is 17.6 Å². The van der Waals surface area contributed by atoms with E-state index in [2.05, 4.69) is 14.7 Å². The molecule has 2 rings (SSSR count). The van der Waals surface area contributed by atoms with Crippen molar-refractivity contribution < 1.29 is 22.1 Å².